The lowest BCUT2D eigenvalue weighted by atomic mass is 9.90. The number of halogens is 1. The van der Waals surface area contributed by atoms with Crippen LogP contribution in [-0.4, -0.2) is 33.3 Å². The number of benzene rings is 1. The maximum atomic E-state index is 13.5. The number of rotatable bonds is 6. The Kier molecular flexibility index (Phi) is 4.80. The lowest BCUT2D eigenvalue weighted by molar-refractivity contribution is -0.147. The SMILES string of the molecule is CC(C)(CCNC(=O)c1nn(-c2cccc(F)c2)c2c1CCC2)C(=O)O. The molecule has 0 aliphatic heterocycles. The van der Waals surface area contributed by atoms with E-state index in [4.69, 9.17) is 5.11 Å². The molecule has 1 amide bonds. The second-order valence-corrected chi connectivity index (χ2v) is 7.21. The minimum absolute atomic E-state index is 0.250. The van der Waals surface area contributed by atoms with Gasteiger partial charge in [-0.1, -0.05) is 6.07 Å². The van der Waals surface area contributed by atoms with Crippen molar-refractivity contribution < 1.29 is 19.1 Å². The van der Waals surface area contributed by atoms with Crippen molar-refractivity contribution in [2.75, 3.05) is 6.54 Å². The number of carbonyl (C=O) groups excluding carboxylic acids is 1. The van der Waals surface area contributed by atoms with Crippen molar-refractivity contribution in [3.8, 4) is 5.69 Å². The molecule has 0 saturated heterocycles. The second-order valence-electron chi connectivity index (χ2n) is 7.21. The van der Waals surface area contributed by atoms with Crippen LogP contribution in [0.15, 0.2) is 24.3 Å². The number of carbonyl (C=O) groups is 2. The minimum Gasteiger partial charge on any atom is -0.481 e. The molecular weight excluding hydrogens is 337 g/mol. The number of amides is 1. The van der Waals surface area contributed by atoms with Crippen LogP contribution in [0.3, 0.4) is 0 Å². The Bertz CT molecular complexity index is 858. The molecule has 0 bridgehead atoms. The fourth-order valence-electron chi connectivity index (χ4n) is 3.12. The van der Waals surface area contributed by atoms with Gasteiger partial charge in [0.1, 0.15) is 5.82 Å². The predicted molar refractivity (Wildman–Crippen MR) is 93.9 cm³/mol. The Morgan fingerprint density at radius 3 is 2.81 bits per heavy atom. The Morgan fingerprint density at radius 2 is 2.12 bits per heavy atom. The quantitative estimate of drug-likeness (QED) is 0.831. The zero-order valence-electron chi connectivity index (χ0n) is 14.9. The van der Waals surface area contributed by atoms with Gasteiger partial charge in [0, 0.05) is 17.8 Å². The number of aromatic nitrogens is 2. The van der Waals surface area contributed by atoms with E-state index in [1.807, 2.05) is 0 Å². The summed E-state index contributed by atoms with van der Waals surface area (Å²) in [5.74, 6) is -1.57. The van der Waals surface area contributed by atoms with Gasteiger partial charge in [0.05, 0.1) is 11.1 Å². The van der Waals surface area contributed by atoms with Crippen molar-refractivity contribution in [1.29, 1.82) is 0 Å². The van der Waals surface area contributed by atoms with E-state index in [1.165, 1.54) is 12.1 Å². The first kappa shape index (κ1) is 18.1. The molecule has 2 N–H and O–H groups in total. The highest BCUT2D eigenvalue weighted by Crippen LogP contribution is 2.28. The summed E-state index contributed by atoms with van der Waals surface area (Å²) in [5.41, 5.74) is 1.86. The van der Waals surface area contributed by atoms with Crippen molar-refractivity contribution in [2.24, 2.45) is 5.41 Å². The Hall–Kier alpha value is -2.70. The summed E-state index contributed by atoms with van der Waals surface area (Å²) in [4.78, 5) is 23.7. The van der Waals surface area contributed by atoms with E-state index >= 15 is 0 Å². The molecule has 0 atom stereocenters. The third-order valence-electron chi connectivity index (χ3n) is 4.81. The third-order valence-corrected chi connectivity index (χ3v) is 4.81. The Balaban J connectivity index is 1.80. The Morgan fingerprint density at radius 1 is 1.35 bits per heavy atom. The topological polar surface area (TPSA) is 84.2 Å². The van der Waals surface area contributed by atoms with Gasteiger partial charge in [-0.25, -0.2) is 9.07 Å². The standard InChI is InChI=1S/C19H22FN3O3/c1-19(2,18(25)26)9-10-21-17(24)16-14-7-4-8-15(14)23(22-16)13-6-3-5-12(20)11-13/h3,5-6,11H,4,7-10H2,1-2H3,(H,21,24)(H,25,26). The van der Waals surface area contributed by atoms with Crippen LogP contribution < -0.4 is 5.32 Å². The molecule has 0 fully saturated rings. The summed E-state index contributed by atoms with van der Waals surface area (Å²) in [7, 11) is 0. The van der Waals surface area contributed by atoms with Crippen molar-refractivity contribution >= 4 is 11.9 Å². The van der Waals surface area contributed by atoms with Crippen LogP contribution in [0, 0.1) is 11.2 Å². The number of hydrogen-bond donors (Lipinski definition) is 2. The van der Waals surface area contributed by atoms with E-state index < -0.39 is 11.4 Å². The van der Waals surface area contributed by atoms with Crippen molar-refractivity contribution in [2.45, 2.75) is 39.5 Å². The number of fused-ring (bicyclic) bond motifs is 1. The Labute approximate surface area is 151 Å². The smallest absolute Gasteiger partial charge is 0.309 e. The zero-order valence-corrected chi connectivity index (χ0v) is 14.9. The number of carboxylic acids is 1. The van der Waals surface area contributed by atoms with E-state index in [-0.39, 0.29) is 18.3 Å². The van der Waals surface area contributed by atoms with Crippen LogP contribution in [-0.2, 0) is 17.6 Å². The molecule has 0 spiro atoms. The highest BCUT2D eigenvalue weighted by Gasteiger charge is 2.29. The van der Waals surface area contributed by atoms with Crippen LogP contribution in [0.5, 0.6) is 0 Å². The van der Waals surface area contributed by atoms with Crippen LogP contribution in [0.2, 0.25) is 0 Å². The van der Waals surface area contributed by atoms with Crippen molar-refractivity contribution in [3.05, 3.63) is 47.0 Å². The molecule has 2 aromatic rings. The highest BCUT2D eigenvalue weighted by molar-refractivity contribution is 5.94. The van der Waals surface area contributed by atoms with Gasteiger partial charge >= 0.3 is 5.97 Å². The fraction of sp³-hybridized carbons (Fsp3) is 0.421. The molecule has 0 saturated carbocycles. The fourth-order valence-corrected chi connectivity index (χ4v) is 3.12. The summed E-state index contributed by atoms with van der Waals surface area (Å²) in [6.45, 7) is 3.50. The molecule has 138 valence electrons. The molecule has 1 aromatic carbocycles. The first-order chi connectivity index (χ1) is 12.3. The normalized spacial score (nSPS) is 13.5. The summed E-state index contributed by atoms with van der Waals surface area (Å²) in [6.07, 6.45) is 2.79. The molecule has 6 nitrogen and oxygen atoms in total. The lowest BCUT2D eigenvalue weighted by Gasteiger charge is -2.18. The minimum atomic E-state index is -0.907. The van der Waals surface area contributed by atoms with Gasteiger partial charge in [0.15, 0.2) is 5.69 Å². The molecule has 1 heterocycles. The van der Waals surface area contributed by atoms with Crippen LogP contribution in [0.1, 0.15) is 48.4 Å². The molecule has 7 heteroatoms. The zero-order chi connectivity index (χ0) is 18.9. The molecule has 0 unspecified atom stereocenters. The van der Waals surface area contributed by atoms with Gasteiger partial charge in [0.2, 0.25) is 0 Å². The summed E-state index contributed by atoms with van der Waals surface area (Å²) >= 11 is 0. The monoisotopic (exact) mass is 359 g/mol. The largest absolute Gasteiger partial charge is 0.481 e. The highest BCUT2D eigenvalue weighted by atomic mass is 19.1. The van der Waals surface area contributed by atoms with Gasteiger partial charge in [-0.2, -0.15) is 5.10 Å². The van der Waals surface area contributed by atoms with E-state index in [0.717, 1.165) is 30.5 Å². The summed E-state index contributed by atoms with van der Waals surface area (Å²) in [5, 5.41) is 16.3. The van der Waals surface area contributed by atoms with Gasteiger partial charge in [0.25, 0.3) is 5.91 Å². The number of hydrogen-bond acceptors (Lipinski definition) is 3. The summed E-state index contributed by atoms with van der Waals surface area (Å²) < 4.78 is 15.2. The maximum Gasteiger partial charge on any atom is 0.309 e. The predicted octanol–water partition coefficient (Wildman–Crippen LogP) is 2.73. The van der Waals surface area contributed by atoms with Crippen molar-refractivity contribution in [1.82, 2.24) is 15.1 Å². The van der Waals surface area contributed by atoms with Gasteiger partial charge in [-0.15, -0.1) is 0 Å². The van der Waals surface area contributed by atoms with E-state index in [0.29, 0.717) is 17.8 Å². The molecular formula is C19H22FN3O3. The third kappa shape index (κ3) is 3.47. The maximum absolute atomic E-state index is 13.5. The average Bonchev–Trinajstić information content (AvgIpc) is 3.16. The molecule has 1 aromatic heterocycles. The molecule has 0 radical (unpaired) electrons. The van der Waals surface area contributed by atoms with Gasteiger partial charge in [-0.3, -0.25) is 9.59 Å². The first-order valence-electron chi connectivity index (χ1n) is 8.68. The number of nitrogens with zero attached hydrogens (tertiary/aromatic N) is 2. The second kappa shape index (κ2) is 6.90. The van der Waals surface area contributed by atoms with Crippen LogP contribution in [0.25, 0.3) is 5.69 Å². The van der Waals surface area contributed by atoms with Crippen LogP contribution in [0.4, 0.5) is 4.39 Å². The number of carboxylic acid groups (broad SMARTS) is 1. The number of aliphatic carboxylic acids is 1. The average molecular weight is 359 g/mol. The summed E-state index contributed by atoms with van der Waals surface area (Å²) in [6, 6.07) is 6.13. The lowest BCUT2D eigenvalue weighted by Crippen LogP contribution is -2.32. The van der Waals surface area contributed by atoms with E-state index in [1.54, 1.807) is 30.7 Å². The molecule has 26 heavy (non-hydrogen) atoms. The van der Waals surface area contributed by atoms with Gasteiger partial charge in [-0.05, 0) is 57.7 Å². The molecule has 1 aliphatic rings. The molecule has 3 rings (SSSR count). The number of nitrogens with one attached hydrogen (secondary N) is 1. The van der Waals surface area contributed by atoms with E-state index in [2.05, 4.69) is 10.4 Å². The molecule has 1 aliphatic carbocycles. The van der Waals surface area contributed by atoms with Crippen molar-refractivity contribution in [3.63, 3.8) is 0 Å². The van der Waals surface area contributed by atoms with Crippen LogP contribution >= 0.6 is 0 Å². The van der Waals surface area contributed by atoms with E-state index in [9.17, 15) is 14.0 Å². The van der Waals surface area contributed by atoms with Gasteiger partial charge < -0.3 is 10.4 Å². The first-order valence-corrected chi connectivity index (χ1v) is 8.68.